The number of hydrogen-bond donors (Lipinski definition) is 2. The van der Waals surface area contributed by atoms with Crippen LogP contribution >= 0.6 is 0 Å². The van der Waals surface area contributed by atoms with Gasteiger partial charge < -0.3 is 10.6 Å². The standard InChI is InChI=1S/C18H30N2/c1-15(13-17-11-7-8-12-19-17)20-14-18(2,3)16-9-5-4-6-10-16/h4-6,9-10,15,17,19-20H,7-8,11-14H2,1-3H3. The van der Waals surface area contributed by atoms with Crippen LogP contribution in [0.2, 0.25) is 0 Å². The van der Waals surface area contributed by atoms with Crippen LogP contribution in [-0.2, 0) is 5.41 Å². The first-order valence-corrected chi connectivity index (χ1v) is 8.10. The SMILES string of the molecule is CC(CC1CCCCN1)NCC(C)(C)c1ccccc1. The zero-order chi connectivity index (χ0) is 14.4. The first-order valence-electron chi connectivity index (χ1n) is 8.10. The fourth-order valence-electron chi connectivity index (χ4n) is 3.06. The summed E-state index contributed by atoms with van der Waals surface area (Å²) in [6.07, 6.45) is 5.32. The van der Waals surface area contributed by atoms with Crippen LogP contribution in [0.3, 0.4) is 0 Å². The number of piperidine rings is 1. The van der Waals surface area contributed by atoms with Crippen LogP contribution in [0.5, 0.6) is 0 Å². The van der Waals surface area contributed by atoms with E-state index in [4.69, 9.17) is 0 Å². The molecule has 1 aliphatic rings. The highest BCUT2D eigenvalue weighted by Crippen LogP contribution is 2.22. The van der Waals surface area contributed by atoms with Gasteiger partial charge in [0.15, 0.2) is 0 Å². The molecule has 1 aromatic rings. The van der Waals surface area contributed by atoms with Gasteiger partial charge in [-0.2, -0.15) is 0 Å². The van der Waals surface area contributed by atoms with Gasteiger partial charge in [-0.1, -0.05) is 50.6 Å². The third-order valence-corrected chi connectivity index (χ3v) is 4.50. The predicted molar refractivity (Wildman–Crippen MR) is 87.2 cm³/mol. The monoisotopic (exact) mass is 274 g/mol. The van der Waals surface area contributed by atoms with E-state index in [1.54, 1.807) is 0 Å². The molecule has 2 unspecified atom stereocenters. The molecule has 1 heterocycles. The van der Waals surface area contributed by atoms with Crippen LogP contribution < -0.4 is 10.6 Å². The van der Waals surface area contributed by atoms with Gasteiger partial charge in [-0.3, -0.25) is 0 Å². The lowest BCUT2D eigenvalue weighted by Crippen LogP contribution is -2.43. The van der Waals surface area contributed by atoms with Gasteiger partial charge in [-0.25, -0.2) is 0 Å². The number of benzene rings is 1. The summed E-state index contributed by atoms with van der Waals surface area (Å²) in [5.74, 6) is 0. The first-order chi connectivity index (χ1) is 9.58. The summed E-state index contributed by atoms with van der Waals surface area (Å²) in [6.45, 7) is 9.19. The summed E-state index contributed by atoms with van der Waals surface area (Å²) in [6, 6.07) is 12.1. The molecule has 20 heavy (non-hydrogen) atoms. The molecule has 0 radical (unpaired) electrons. The van der Waals surface area contributed by atoms with Gasteiger partial charge in [0.1, 0.15) is 0 Å². The van der Waals surface area contributed by atoms with Crippen LogP contribution in [0.15, 0.2) is 30.3 Å². The molecule has 1 aliphatic heterocycles. The Morgan fingerprint density at radius 1 is 1.25 bits per heavy atom. The minimum atomic E-state index is 0.190. The Balaban J connectivity index is 1.78. The van der Waals surface area contributed by atoms with Gasteiger partial charge in [-0.05, 0) is 38.3 Å². The summed E-state index contributed by atoms with van der Waals surface area (Å²) in [7, 11) is 0. The highest BCUT2D eigenvalue weighted by atomic mass is 15.0. The Kier molecular flexibility index (Phi) is 5.62. The lowest BCUT2D eigenvalue weighted by atomic mass is 9.84. The average Bonchev–Trinajstić information content (AvgIpc) is 2.47. The first kappa shape index (κ1) is 15.5. The van der Waals surface area contributed by atoms with Gasteiger partial charge in [0.2, 0.25) is 0 Å². The third kappa shape index (κ3) is 4.60. The van der Waals surface area contributed by atoms with Crippen LogP contribution in [0, 0.1) is 0 Å². The highest BCUT2D eigenvalue weighted by Gasteiger charge is 2.22. The van der Waals surface area contributed by atoms with E-state index in [1.165, 1.54) is 37.8 Å². The molecule has 0 amide bonds. The molecule has 2 rings (SSSR count). The van der Waals surface area contributed by atoms with Gasteiger partial charge >= 0.3 is 0 Å². The quantitative estimate of drug-likeness (QED) is 0.830. The molecule has 1 aromatic carbocycles. The minimum absolute atomic E-state index is 0.190. The minimum Gasteiger partial charge on any atom is -0.314 e. The molecule has 2 nitrogen and oxygen atoms in total. The summed E-state index contributed by atoms with van der Waals surface area (Å²) < 4.78 is 0. The van der Waals surface area contributed by atoms with Crippen molar-refractivity contribution in [3.8, 4) is 0 Å². The summed E-state index contributed by atoms with van der Waals surface area (Å²) in [5, 5.41) is 7.37. The molecule has 0 bridgehead atoms. The van der Waals surface area contributed by atoms with Crippen molar-refractivity contribution in [2.45, 2.75) is 64.0 Å². The molecule has 2 atom stereocenters. The molecule has 112 valence electrons. The van der Waals surface area contributed by atoms with Gasteiger partial charge in [0, 0.05) is 24.0 Å². The van der Waals surface area contributed by atoms with Crippen LogP contribution in [0.1, 0.15) is 52.0 Å². The maximum absolute atomic E-state index is 3.73. The second-order valence-corrected chi connectivity index (χ2v) is 6.91. The van der Waals surface area contributed by atoms with Crippen molar-refractivity contribution >= 4 is 0 Å². The van der Waals surface area contributed by atoms with E-state index in [9.17, 15) is 0 Å². The number of nitrogens with one attached hydrogen (secondary N) is 2. The van der Waals surface area contributed by atoms with E-state index in [-0.39, 0.29) is 5.41 Å². The zero-order valence-corrected chi connectivity index (χ0v) is 13.3. The molecular formula is C18H30N2. The zero-order valence-electron chi connectivity index (χ0n) is 13.3. The Morgan fingerprint density at radius 2 is 2.00 bits per heavy atom. The molecule has 0 saturated carbocycles. The largest absolute Gasteiger partial charge is 0.314 e. The van der Waals surface area contributed by atoms with E-state index in [2.05, 4.69) is 61.7 Å². The Bertz CT molecular complexity index is 380. The fourth-order valence-corrected chi connectivity index (χ4v) is 3.06. The summed E-state index contributed by atoms with van der Waals surface area (Å²) in [5.41, 5.74) is 1.60. The van der Waals surface area contributed by atoms with E-state index in [1.807, 2.05) is 0 Å². The van der Waals surface area contributed by atoms with Crippen molar-refractivity contribution in [2.75, 3.05) is 13.1 Å². The van der Waals surface area contributed by atoms with Crippen molar-refractivity contribution in [2.24, 2.45) is 0 Å². The van der Waals surface area contributed by atoms with E-state index in [0.29, 0.717) is 12.1 Å². The average molecular weight is 274 g/mol. The van der Waals surface area contributed by atoms with E-state index < -0.39 is 0 Å². The van der Waals surface area contributed by atoms with E-state index >= 15 is 0 Å². The smallest absolute Gasteiger partial charge is 0.00817 e. The third-order valence-electron chi connectivity index (χ3n) is 4.50. The number of hydrogen-bond acceptors (Lipinski definition) is 2. The van der Waals surface area contributed by atoms with Crippen molar-refractivity contribution < 1.29 is 0 Å². The lowest BCUT2D eigenvalue weighted by molar-refractivity contribution is 0.332. The van der Waals surface area contributed by atoms with Crippen molar-refractivity contribution in [3.05, 3.63) is 35.9 Å². The fraction of sp³-hybridized carbons (Fsp3) is 0.667. The molecule has 2 N–H and O–H groups in total. The molecule has 2 heteroatoms. The Labute approximate surface area is 124 Å². The normalized spacial score (nSPS) is 21.6. The molecular weight excluding hydrogens is 244 g/mol. The lowest BCUT2D eigenvalue weighted by Gasteiger charge is -2.30. The maximum atomic E-state index is 3.73. The molecule has 0 aliphatic carbocycles. The van der Waals surface area contributed by atoms with Crippen LogP contribution in [0.4, 0.5) is 0 Å². The Morgan fingerprint density at radius 3 is 2.65 bits per heavy atom. The van der Waals surface area contributed by atoms with Gasteiger partial charge in [0.05, 0.1) is 0 Å². The molecule has 0 spiro atoms. The molecule has 1 fully saturated rings. The second-order valence-electron chi connectivity index (χ2n) is 6.91. The molecule has 0 aromatic heterocycles. The topological polar surface area (TPSA) is 24.1 Å². The molecule has 1 saturated heterocycles. The Hall–Kier alpha value is -0.860. The highest BCUT2D eigenvalue weighted by molar-refractivity contribution is 5.23. The maximum Gasteiger partial charge on any atom is 0.00817 e. The van der Waals surface area contributed by atoms with Crippen molar-refractivity contribution in [1.29, 1.82) is 0 Å². The van der Waals surface area contributed by atoms with Crippen LogP contribution in [-0.4, -0.2) is 25.2 Å². The van der Waals surface area contributed by atoms with Crippen molar-refractivity contribution in [3.63, 3.8) is 0 Å². The second kappa shape index (κ2) is 7.24. The summed E-state index contributed by atoms with van der Waals surface area (Å²) >= 11 is 0. The number of rotatable bonds is 6. The summed E-state index contributed by atoms with van der Waals surface area (Å²) in [4.78, 5) is 0. The van der Waals surface area contributed by atoms with E-state index in [0.717, 1.165) is 6.54 Å². The van der Waals surface area contributed by atoms with Gasteiger partial charge in [0.25, 0.3) is 0 Å². The van der Waals surface area contributed by atoms with Gasteiger partial charge in [-0.15, -0.1) is 0 Å². The van der Waals surface area contributed by atoms with Crippen molar-refractivity contribution in [1.82, 2.24) is 10.6 Å². The van der Waals surface area contributed by atoms with Crippen LogP contribution in [0.25, 0.3) is 0 Å². The predicted octanol–water partition coefficient (Wildman–Crippen LogP) is 3.47.